The number of aliphatic hydroxyl groups is 5. The Balaban J connectivity index is 0.000000422. The number of alkyl halides is 1. The van der Waals surface area contributed by atoms with Gasteiger partial charge in [-0.25, -0.2) is 0 Å². The monoisotopic (exact) mass is 2210 g/mol. The van der Waals surface area contributed by atoms with Crippen molar-refractivity contribution in [1.29, 1.82) is 0 Å². The van der Waals surface area contributed by atoms with Crippen molar-refractivity contribution in [3.63, 3.8) is 0 Å². The topological polar surface area (TPSA) is 555 Å². The molecular formula is C103H123BrIO36PS. The second kappa shape index (κ2) is 67.8. The molecule has 0 aliphatic carbocycles. The summed E-state index contributed by atoms with van der Waals surface area (Å²) in [5.74, 6) is -5.40. The maximum absolute atomic E-state index is 11.9. The number of carboxylic acid groups (broad SMARTS) is 4. The van der Waals surface area contributed by atoms with E-state index in [0.29, 0.717) is 87.2 Å². The molecule has 5 saturated heterocycles. The first-order valence-electron chi connectivity index (χ1n) is 44.9. The summed E-state index contributed by atoms with van der Waals surface area (Å²) >= 11 is 1.96. The summed E-state index contributed by atoms with van der Waals surface area (Å²) in [5, 5.41) is 85.8. The zero-order valence-corrected chi connectivity index (χ0v) is 85.3. The van der Waals surface area contributed by atoms with Crippen LogP contribution in [0.15, 0.2) is 249 Å². The molecule has 776 valence electrons. The first-order valence-corrected chi connectivity index (χ1v) is 49.1. The van der Waals surface area contributed by atoms with Crippen molar-refractivity contribution in [3.05, 3.63) is 282 Å². The SMILES string of the molecule is CCO.CCOC(=O)[C@H]1CC(=O)O[C@@H]1c1ccccc1OC.COc1ccccc1C(O)[C@@H](CO)C/C=C\CCC(=O)O.COc1ccccc1C1OC(=O)CC1C(=O)O.COc1ccccc1C=O.COc1ccccc1[C@H]1OC(=O)C[C@@H]1C(=O)O.COc1ccccc1[C@H]1OC(O)C[C@@H]1CO.O=C(O)CCC[P+](c1ccccc1)(c1ccccc1)c1ccccc1.O=C1CCC(=O)O1.O=S(=O)(O)O.[2H]CI.[Br-]. The minimum atomic E-state index is -4.67. The Bertz CT molecular complexity index is 5370. The van der Waals surface area contributed by atoms with Crippen molar-refractivity contribution in [3.8, 4) is 34.5 Å². The Morgan fingerprint density at radius 1 is 0.490 bits per heavy atom. The fourth-order valence-electron chi connectivity index (χ4n) is 14.8. The van der Waals surface area contributed by atoms with Crippen molar-refractivity contribution in [2.24, 2.45) is 29.6 Å². The number of hydrogen-bond donors (Lipinski definition) is 11. The lowest BCUT2D eigenvalue weighted by Gasteiger charge is -2.27. The third kappa shape index (κ3) is 41.7. The van der Waals surface area contributed by atoms with Crippen LogP contribution in [0.4, 0.5) is 0 Å². The number of carbonyl (C=O) groups excluding carboxylic acids is 7. The molecule has 40 heteroatoms. The van der Waals surface area contributed by atoms with Gasteiger partial charge in [-0.3, -0.25) is 61.8 Å². The van der Waals surface area contributed by atoms with Gasteiger partial charge in [0.05, 0.1) is 105 Å². The van der Waals surface area contributed by atoms with E-state index in [2.05, 4.69) is 77.5 Å². The number of carbonyl (C=O) groups is 11. The van der Waals surface area contributed by atoms with E-state index in [1.54, 1.807) is 137 Å². The van der Waals surface area contributed by atoms with Crippen LogP contribution >= 0.6 is 29.9 Å². The maximum atomic E-state index is 11.9. The highest BCUT2D eigenvalue weighted by Gasteiger charge is 2.47. The Morgan fingerprint density at radius 3 is 1.15 bits per heavy atom. The van der Waals surface area contributed by atoms with E-state index in [1.807, 2.05) is 89.3 Å². The van der Waals surface area contributed by atoms with E-state index >= 15 is 0 Å². The maximum Gasteiger partial charge on any atom is 0.394 e. The highest BCUT2D eigenvalue weighted by molar-refractivity contribution is 14.1. The average molecular weight is 2210 g/mol. The van der Waals surface area contributed by atoms with Gasteiger partial charge >= 0.3 is 70.1 Å². The summed E-state index contributed by atoms with van der Waals surface area (Å²) in [4.78, 5) is 120. The molecule has 0 amide bonds. The van der Waals surface area contributed by atoms with E-state index in [4.69, 9.17) is 96.5 Å². The molecule has 9 aromatic rings. The number of cyclic esters (lactones) is 5. The number of para-hydroxylation sites is 6. The van der Waals surface area contributed by atoms with Crippen molar-refractivity contribution < 1.29 is 191 Å². The first kappa shape index (κ1) is 123. The summed E-state index contributed by atoms with van der Waals surface area (Å²) in [6.45, 7) is 3.78. The quantitative estimate of drug-likeness (QED) is 0.00221. The van der Waals surface area contributed by atoms with Gasteiger partial charge in [0.1, 0.15) is 93.7 Å². The molecule has 5 aliphatic heterocycles. The minimum Gasteiger partial charge on any atom is -1.00 e. The molecule has 0 bridgehead atoms. The van der Waals surface area contributed by atoms with Crippen molar-refractivity contribution >= 4 is 122 Å². The fourth-order valence-corrected chi connectivity index (χ4v) is 19.2. The van der Waals surface area contributed by atoms with Gasteiger partial charge in [0, 0.05) is 80.1 Å². The molecule has 36 nitrogen and oxygen atoms in total. The van der Waals surface area contributed by atoms with Gasteiger partial charge in [0.15, 0.2) is 12.6 Å². The van der Waals surface area contributed by atoms with Gasteiger partial charge in [-0.1, -0.05) is 192 Å². The Kier molecular flexibility index (Phi) is 58.1. The molecular weight excluding hydrogens is 2080 g/mol. The molecule has 11 N–H and O–H groups in total. The molecule has 5 aliphatic rings. The smallest absolute Gasteiger partial charge is 0.394 e. The van der Waals surface area contributed by atoms with Gasteiger partial charge in [-0.2, -0.15) is 8.42 Å². The second-order valence-electron chi connectivity index (χ2n) is 30.5. The highest BCUT2D eigenvalue weighted by Crippen LogP contribution is 2.56. The average Bonchev–Trinajstić information content (AvgIpc) is 1.39. The molecule has 14 rings (SSSR count). The standard InChI is InChI=1S/C22H21O2P.C16H22O5.C14H16O5.2C12H12O5.C12H16O4.C8H8O2.C4H4O3.C2H6O.CH3I.BrH.H2O4S/c23-22(24)17-10-18-25(19-11-4-1-5-12-19,20-13-6-2-7-14-20)21-15-8-3-9-16-21;1-21-14-9-6-5-8-13(14)16(20)12(11-17)7-3-2-4-10-15(18)19;1-3-18-14(16)10-8-12(15)19-13(10)9-6-4-5-7-11(9)17-2;2*1-16-9-5-3-2-4-7(9)11-8(12(14)15)6-10(13)17-11;1-15-10-5-3-2-4-9(10)12-8(7-13)6-11(14)16-12;1-10-8-5-3-2-4-7(8)6-9;5-3-1-2-4(6)7-3;1-2-3;1-2;;1-5(2,3)4/h1-9,11-16H,10,17-18H2;2-3,5-6,8-9,12,16-17,20H,4,7,10-11H2,1H3,(H,18,19);4-7,10,13H,3,8H2,1-2H3;2*2-5,8,11H,6H2,1H3,(H,14,15);2-5,8,11-14H,6-7H2,1H3;2-6H,1H3;1-2H2;3H,2H2,1H3;1H3;1H;(H2,1,2,3,4)/b;3-2-;;;;;;;;;;/t;12-,16?;10-,13+;8-,11+;;8-,11?,12+;;;;;;/m.100.1....../s1/i;;;;;;;;;1D;;. The molecule has 0 saturated carbocycles. The fraction of sp³-hybridized carbons (Fsp3) is 0.350. The predicted octanol–water partition coefficient (Wildman–Crippen LogP) is 10.5. The zero-order valence-electron chi connectivity index (χ0n) is 80.9. The van der Waals surface area contributed by atoms with Gasteiger partial charge in [0.2, 0.25) is 0 Å². The van der Waals surface area contributed by atoms with Crippen LogP contribution in [0.2, 0.25) is 0 Å². The number of aliphatic hydroxyl groups excluding tert-OH is 5. The van der Waals surface area contributed by atoms with Crippen molar-refractivity contribution in [1.82, 2.24) is 0 Å². The minimum absolute atomic E-state index is 0. The van der Waals surface area contributed by atoms with Crippen LogP contribution in [0.25, 0.3) is 0 Å². The largest absolute Gasteiger partial charge is 1.00 e. The van der Waals surface area contributed by atoms with Crippen molar-refractivity contribution in [2.75, 3.05) is 80.2 Å². The molecule has 0 spiro atoms. The second-order valence-corrected chi connectivity index (χ2v) is 35.0. The molecule has 5 fully saturated rings. The molecule has 9 aromatic carbocycles. The van der Waals surface area contributed by atoms with Gasteiger partial charge in [-0.05, 0) is 117 Å². The number of allylic oxidation sites excluding steroid dienone is 2. The molecule has 0 radical (unpaired) electrons. The Labute approximate surface area is 855 Å². The van der Waals surface area contributed by atoms with Crippen LogP contribution in [0.3, 0.4) is 0 Å². The van der Waals surface area contributed by atoms with E-state index in [0.717, 1.165) is 23.8 Å². The summed E-state index contributed by atoms with van der Waals surface area (Å²) in [6, 6.07) is 74.5. The number of esters is 6. The number of ether oxygens (including phenoxy) is 12. The van der Waals surface area contributed by atoms with Gasteiger partial charge in [0.25, 0.3) is 0 Å². The molecule has 5 heterocycles. The zero-order chi connectivity index (χ0) is 106. The number of rotatable bonds is 31. The summed E-state index contributed by atoms with van der Waals surface area (Å²) < 4.78 is 98.5. The number of aliphatic carboxylic acids is 4. The number of benzene rings is 9. The van der Waals surface area contributed by atoms with Crippen LogP contribution in [0.5, 0.6) is 34.5 Å². The third-order valence-electron chi connectivity index (χ3n) is 21.3. The predicted molar refractivity (Wildman–Crippen MR) is 531 cm³/mol. The molecule has 4 unspecified atom stereocenters. The van der Waals surface area contributed by atoms with E-state index in [1.165, 1.54) is 44.4 Å². The summed E-state index contributed by atoms with van der Waals surface area (Å²) in [6.07, 6.45) is 3.77. The van der Waals surface area contributed by atoms with Crippen LogP contribution in [-0.4, -0.2) is 216 Å². The third-order valence-corrected chi connectivity index (χ3v) is 25.8. The van der Waals surface area contributed by atoms with Crippen LogP contribution in [-0.2, 0) is 86.8 Å². The first-order chi connectivity index (χ1) is 68.5. The number of halogens is 2. The number of methoxy groups -OCH3 is 6. The lowest BCUT2D eigenvalue weighted by Crippen LogP contribution is -3.00. The van der Waals surface area contributed by atoms with Crippen LogP contribution in [0.1, 0.15) is 155 Å². The summed E-state index contributed by atoms with van der Waals surface area (Å²) in [5.41, 5.74) is 3.97. The Hall–Kier alpha value is -12.6. The lowest BCUT2D eigenvalue weighted by atomic mass is 9.92. The number of carboxylic acids is 4. The van der Waals surface area contributed by atoms with Crippen LogP contribution in [0, 0.1) is 29.6 Å². The van der Waals surface area contributed by atoms with Gasteiger partial charge < -0.3 is 120 Å². The normalized spacial score (nSPS) is 18.0. The summed E-state index contributed by atoms with van der Waals surface area (Å²) in [7, 11) is 2.65. The molecule has 11 atom stereocenters. The highest BCUT2D eigenvalue weighted by atomic mass is 127. The number of hydrogen-bond acceptors (Lipinski definition) is 30. The lowest BCUT2D eigenvalue weighted by molar-refractivity contribution is -0.153. The van der Waals surface area contributed by atoms with E-state index < -0.39 is 126 Å². The van der Waals surface area contributed by atoms with Gasteiger partial charge in [-0.15, -0.1) is 0 Å². The van der Waals surface area contributed by atoms with Crippen LogP contribution < -0.4 is 61.3 Å². The van der Waals surface area contributed by atoms with E-state index in [-0.39, 0.29) is 106 Å². The van der Waals surface area contributed by atoms with E-state index in [9.17, 15) is 73.2 Å². The van der Waals surface area contributed by atoms with Crippen molar-refractivity contribution in [2.45, 2.75) is 121 Å². The molecule has 143 heavy (non-hydrogen) atoms. The molecule has 0 aromatic heterocycles. The number of aldehydes is 1. The Morgan fingerprint density at radius 2 is 0.825 bits per heavy atom.